The normalized spacial score (nSPS) is 11.0. The van der Waals surface area contributed by atoms with Crippen molar-refractivity contribution in [2.75, 3.05) is 6.61 Å². The van der Waals surface area contributed by atoms with E-state index in [0.29, 0.717) is 6.61 Å². The molecule has 0 atom stereocenters. The fourth-order valence-electron chi connectivity index (χ4n) is 1.89. The minimum Gasteiger partial charge on any atom is -0.219 e. The molecule has 5 heteroatoms. The first-order chi connectivity index (χ1) is 8.91. The predicted octanol–water partition coefficient (Wildman–Crippen LogP) is 4.58. The van der Waals surface area contributed by atoms with E-state index in [2.05, 4.69) is 26.9 Å². The quantitative estimate of drug-likeness (QED) is 0.266. The van der Waals surface area contributed by atoms with Crippen LogP contribution in [0.5, 0.6) is 0 Å². The summed E-state index contributed by atoms with van der Waals surface area (Å²) >= 11 is 0. The van der Waals surface area contributed by atoms with Crippen LogP contribution in [0.15, 0.2) is 0 Å². The first-order valence-corrected chi connectivity index (χ1v) is 7.18. The van der Waals surface area contributed by atoms with E-state index in [1.54, 1.807) is 0 Å². The van der Waals surface area contributed by atoms with Crippen molar-refractivity contribution >= 4 is 0 Å². The Bertz CT molecular complexity index is 127. The molecular weight excluding hydrogens is 236 g/mol. The number of hydrogen-bond acceptors (Lipinski definition) is 5. The molecule has 0 aromatic carbocycles. The third kappa shape index (κ3) is 15.8. The van der Waals surface area contributed by atoms with Gasteiger partial charge in [0.05, 0.1) is 6.61 Å². The van der Waals surface area contributed by atoms with E-state index in [9.17, 15) is 0 Å². The second kappa shape index (κ2) is 16.8. The molecule has 0 aliphatic carbocycles. The molecule has 110 valence electrons. The van der Waals surface area contributed by atoms with Gasteiger partial charge in [0.15, 0.2) is 0 Å². The molecule has 0 saturated carbocycles. The highest BCUT2D eigenvalue weighted by Crippen LogP contribution is 2.11. The van der Waals surface area contributed by atoms with Crippen LogP contribution < -0.4 is 0 Å². The second-order valence-corrected chi connectivity index (χ2v) is 4.57. The van der Waals surface area contributed by atoms with Crippen LogP contribution in [-0.2, 0) is 20.0 Å². The summed E-state index contributed by atoms with van der Waals surface area (Å²) in [5, 5.41) is 18.6. The highest BCUT2D eigenvalue weighted by Gasteiger charge is 1.94. The Balaban J connectivity index is 2.86. The van der Waals surface area contributed by atoms with E-state index in [1.807, 2.05) is 0 Å². The molecule has 0 saturated heterocycles. The Hall–Kier alpha value is -0.200. The van der Waals surface area contributed by atoms with Gasteiger partial charge < -0.3 is 0 Å². The zero-order valence-electron chi connectivity index (χ0n) is 11.6. The lowest BCUT2D eigenvalue weighted by Gasteiger charge is -2.02. The first kappa shape index (κ1) is 17.8. The van der Waals surface area contributed by atoms with Crippen molar-refractivity contribution in [3.8, 4) is 0 Å². The number of unbranched alkanes of at least 4 members (excludes halogenated alkanes) is 10. The average molecular weight is 264 g/mol. The molecule has 0 aromatic rings. The molecule has 0 unspecified atom stereocenters. The van der Waals surface area contributed by atoms with Crippen LogP contribution >= 0.6 is 0 Å². The molecule has 5 nitrogen and oxygen atoms in total. The smallest absolute Gasteiger partial charge is 0.0855 e. The molecule has 0 fully saturated rings. The van der Waals surface area contributed by atoms with Crippen LogP contribution in [0.1, 0.15) is 77.6 Å². The number of hydrogen-bond donors (Lipinski definition) is 1. The van der Waals surface area contributed by atoms with Crippen LogP contribution in [0.2, 0.25) is 0 Å². The molecule has 1 N–H and O–H groups in total. The van der Waals surface area contributed by atoms with Gasteiger partial charge in [-0.2, -0.15) is 0 Å². The topological polar surface area (TPSA) is 57.2 Å². The van der Waals surface area contributed by atoms with Gasteiger partial charge in [0.2, 0.25) is 0 Å². The molecule has 0 aromatic heterocycles. The lowest BCUT2D eigenvalue weighted by atomic mass is 10.1. The summed E-state index contributed by atoms with van der Waals surface area (Å²) in [6.45, 7) is 2.69. The number of rotatable bonds is 15. The average Bonchev–Trinajstić information content (AvgIpc) is 2.39. The highest BCUT2D eigenvalue weighted by atomic mass is 17.8. The van der Waals surface area contributed by atoms with Crippen molar-refractivity contribution in [1.29, 1.82) is 0 Å². The van der Waals surface area contributed by atoms with E-state index >= 15 is 0 Å². The monoisotopic (exact) mass is 264 g/mol. The maximum atomic E-state index is 7.73. The molecular formula is C13H28O5. The van der Waals surface area contributed by atoms with Crippen LogP contribution in [0, 0.1) is 0 Å². The Labute approximate surface area is 110 Å². The van der Waals surface area contributed by atoms with E-state index in [1.165, 1.54) is 57.8 Å². The minimum atomic E-state index is 0.445. The molecule has 0 spiro atoms. The van der Waals surface area contributed by atoms with Gasteiger partial charge >= 0.3 is 0 Å². The fraction of sp³-hybridized carbons (Fsp3) is 1.00. The van der Waals surface area contributed by atoms with Crippen molar-refractivity contribution in [3.63, 3.8) is 0 Å². The van der Waals surface area contributed by atoms with Crippen molar-refractivity contribution in [1.82, 2.24) is 0 Å². The zero-order chi connectivity index (χ0) is 13.3. The molecule has 0 rings (SSSR count). The molecule has 0 amide bonds. The van der Waals surface area contributed by atoms with Gasteiger partial charge in [0.1, 0.15) is 0 Å². The molecule has 0 heterocycles. The molecule has 0 radical (unpaired) electrons. The van der Waals surface area contributed by atoms with Crippen molar-refractivity contribution in [3.05, 3.63) is 0 Å². The van der Waals surface area contributed by atoms with Crippen LogP contribution in [-0.4, -0.2) is 11.9 Å². The predicted molar refractivity (Wildman–Crippen MR) is 68.3 cm³/mol. The Morgan fingerprint density at radius 3 is 1.67 bits per heavy atom. The van der Waals surface area contributed by atoms with Crippen LogP contribution in [0.3, 0.4) is 0 Å². The van der Waals surface area contributed by atoms with E-state index in [4.69, 9.17) is 5.26 Å². The van der Waals surface area contributed by atoms with Gasteiger partial charge in [-0.1, -0.05) is 71.1 Å². The van der Waals surface area contributed by atoms with Gasteiger partial charge in [-0.05, 0) is 21.5 Å². The van der Waals surface area contributed by atoms with Gasteiger partial charge in [0, 0.05) is 0 Å². The van der Waals surface area contributed by atoms with Crippen molar-refractivity contribution < 1.29 is 25.3 Å². The molecule has 0 aliphatic heterocycles. The summed E-state index contributed by atoms with van der Waals surface area (Å²) in [5.74, 6) is 0. The van der Waals surface area contributed by atoms with Crippen LogP contribution in [0.25, 0.3) is 0 Å². The first-order valence-electron chi connectivity index (χ1n) is 7.18. The van der Waals surface area contributed by atoms with Crippen molar-refractivity contribution in [2.24, 2.45) is 0 Å². The van der Waals surface area contributed by atoms with E-state index < -0.39 is 0 Å². The fourth-order valence-corrected chi connectivity index (χ4v) is 1.89. The van der Waals surface area contributed by atoms with Gasteiger partial charge in [0.25, 0.3) is 0 Å². The molecule has 0 aliphatic rings. The van der Waals surface area contributed by atoms with Gasteiger partial charge in [-0.15, -0.1) is 0 Å². The maximum absolute atomic E-state index is 7.73. The summed E-state index contributed by atoms with van der Waals surface area (Å²) < 4.78 is 0. The van der Waals surface area contributed by atoms with E-state index in [0.717, 1.165) is 12.8 Å². The third-order valence-corrected chi connectivity index (χ3v) is 2.94. The van der Waals surface area contributed by atoms with Gasteiger partial charge in [-0.25, -0.2) is 10.1 Å². The molecule has 18 heavy (non-hydrogen) atoms. The largest absolute Gasteiger partial charge is 0.219 e. The van der Waals surface area contributed by atoms with Gasteiger partial charge in [-0.3, -0.25) is 0 Å². The second-order valence-electron chi connectivity index (χ2n) is 4.57. The molecule has 0 bridgehead atoms. The van der Waals surface area contributed by atoms with E-state index in [-0.39, 0.29) is 0 Å². The SMILES string of the molecule is CCCCCCCCCCCCCOOOOO. The Morgan fingerprint density at radius 1 is 0.667 bits per heavy atom. The summed E-state index contributed by atoms with van der Waals surface area (Å²) in [5.41, 5.74) is 0. The summed E-state index contributed by atoms with van der Waals surface area (Å²) in [6.07, 6.45) is 14.2. The van der Waals surface area contributed by atoms with Crippen LogP contribution in [0.4, 0.5) is 0 Å². The lowest BCUT2D eigenvalue weighted by molar-refractivity contribution is -0.702. The Morgan fingerprint density at radius 2 is 1.17 bits per heavy atom. The lowest BCUT2D eigenvalue weighted by Crippen LogP contribution is -1.97. The minimum absolute atomic E-state index is 0.445. The van der Waals surface area contributed by atoms with Crippen molar-refractivity contribution in [2.45, 2.75) is 77.6 Å². The maximum Gasteiger partial charge on any atom is 0.0855 e. The summed E-state index contributed by atoms with van der Waals surface area (Å²) in [7, 11) is 0. The summed E-state index contributed by atoms with van der Waals surface area (Å²) in [4.78, 5) is 4.55. The standard InChI is InChI=1S/C13H28O5/c1-2-3-4-5-6-7-8-9-10-11-12-13-15-17-18-16-14/h14H,2-13H2,1H3. The highest BCUT2D eigenvalue weighted by molar-refractivity contribution is 4.47. The third-order valence-electron chi connectivity index (χ3n) is 2.94. The zero-order valence-corrected chi connectivity index (χ0v) is 11.6. The Kier molecular flexibility index (Phi) is 16.6. The summed E-state index contributed by atoms with van der Waals surface area (Å²) in [6, 6.07) is 0.